The third-order valence-electron chi connectivity index (χ3n) is 2.16. The summed E-state index contributed by atoms with van der Waals surface area (Å²) in [4.78, 5) is 14.9. The first-order valence-electron chi connectivity index (χ1n) is 4.46. The lowest BCUT2D eigenvalue weighted by molar-refractivity contribution is -0.139. The number of aromatic nitrogens is 1. The molecule has 0 aliphatic rings. The van der Waals surface area contributed by atoms with Crippen LogP contribution in [0.25, 0.3) is 0 Å². The highest BCUT2D eigenvalue weighted by Crippen LogP contribution is 2.31. The van der Waals surface area contributed by atoms with Gasteiger partial charge in [0.1, 0.15) is 0 Å². The van der Waals surface area contributed by atoms with Gasteiger partial charge in [0.2, 0.25) is 0 Å². The number of rotatable bonds is 3. The molecule has 0 saturated heterocycles. The van der Waals surface area contributed by atoms with E-state index in [9.17, 15) is 13.6 Å². The number of aryl methyl sites for hydroxylation is 1. The van der Waals surface area contributed by atoms with Crippen LogP contribution in [0.1, 0.15) is 23.2 Å². The number of halogens is 3. The van der Waals surface area contributed by atoms with Gasteiger partial charge in [-0.3, -0.25) is 9.78 Å². The number of nitrogens with zero attached hydrogens (tertiary/aromatic N) is 1. The fourth-order valence-corrected chi connectivity index (χ4v) is 1.56. The van der Waals surface area contributed by atoms with Crippen molar-refractivity contribution in [1.82, 2.24) is 4.98 Å². The minimum atomic E-state index is -2.74. The van der Waals surface area contributed by atoms with E-state index in [2.05, 4.69) is 9.72 Å². The molecule has 6 heteroatoms. The minimum Gasteiger partial charge on any atom is -0.469 e. The van der Waals surface area contributed by atoms with Crippen molar-refractivity contribution in [3.05, 3.63) is 28.0 Å². The summed E-state index contributed by atoms with van der Waals surface area (Å²) in [5, 5.41) is -0.139. The van der Waals surface area contributed by atoms with Crippen LogP contribution in [0.2, 0.25) is 5.02 Å². The Labute approximate surface area is 96.4 Å². The Balaban J connectivity index is 3.23. The second kappa shape index (κ2) is 5.21. The number of alkyl halides is 2. The molecule has 0 fully saturated rings. The van der Waals surface area contributed by atoms with Crippen molar-refractivity contribution in [3.8, 4) is 0 Å². The van der Waals surface area contributed by atoms with Crippen LogP contribution in [0.15, 0.2) is 6.20 Å². The van der Waals surface area contributed by atoms with Crippen molar-refractivity contribution in [3.63, 3.8) is 0 Å². The highest BCUT2D eigenvalue weighted by molar-refractivity contribution is 6.31. The lowest BCUT2D eigenvalue weighted by Gasteiger charge is -2.11. The van der Waals surface area contributed by atoms with Gasteiger partial charge in [-0.25, -0.2) is 8.78 Å². The third kappa shape index (κ3) is 2.66. The molecule has 0 saturated carbocycles. The monoisotopic (exact) mass is 249 g/mol. The van der Waals surface area contributed by atoms with E-state index in [1.807, 2.05) is 0 Å². The Hall–Kier alpha value is -1.23. The van der Waals surface area contributed by atoms with Crippen LogP contribution in [0.4, 0.5) is 8.78 Å². The molecule has 0 atom stereocenters. The van der Waals surface area contributed by atoms with E-state index in [-0.39, 0.29) is 22.6 Å². The van der Waals surface area contributed by atoms with Crippen LogP contribution in [-0.4, -0.2) is 18.1 Å². The van der Waals surface area contributed by atoms with E-state index < -0.39 is 12.4 Å². The smallest absolute Gasteiger partial charge is 0.310 e. The second-order valence-electron chi connectivity index (χ2n) is 3.14. The SMILES string of the molecule is COC(=O)Cc1c(C)ncc(Cl)c1C(F)F. The van der Waals surface area contributed by atoms with E-state index >= 15 is 0 Å². The number of hydrogen-bond acceptors (Lipinski definition) is 3. The maximum atomic E-state index is 12.8. The fourth-order valence-electron chi connectivity index (χ4n) is 1.32. The van der Waals surface area contributed by atoms with Gasteiger partial charge in [0, 0.05) is 17.5 Å². The number of esters is 1. The zero-order valence-corrected chi connectivity index (χ0v) is 9.52. The molecule has 1 rings (SSSR count). The van der Waals surface area contributed by atoms with Crippen molar-refractivity contribution in [2.45, 2.75) is 19.8 Å². The Morgan fingerprint density at radius 2 is 2.25 bits per heavy atom. The molecule has 0 amide bonds. The van der Waals surface area contributed by atoms with Gasteiger partial charge in [-0.1, -0.05) is 11.6 Å². The Morgan fingerprint density at radius 3 is 2.75 bits per heavy atom. The lowest BCUT2D eigenvalue weighted by atomic mass is 10.0. The van der Waals surface area contributed by atoms with E-state index in [4.69, 9.17) is 11.6 Å². The van der Waals surface area contributed by atoms with Gasteiger partial charge >= 0.3 is 5.97 Å². The topological polar surface area (TPSA) is 39.2 Å². The third-order valence-corrected chi connectivity index (χ3v) is 2.46. The van der Waals surface area contributed by atoms with Crippen LogP contribution in [0.3, 0.4) is 0 Å². The van der Waals surface area contributed by atoms with E-state index in [0.717, 1.165) is 6.20 Å². The summed E-state index contributed by atoms with van der Waals surface area (Å²) in [7, 11) is 1.19. The quantitative estimate of drug-likeness (QED) is 0.773. The Morgan fingerprint density at radius 1 is 1.62 bits per heavy atom. The molecular weight excluding hydrogens is 240 g/mol. The number of methoxy groups -OCH3 is 1. The number of pyridine rings is 1. The summed E-state index contributed by atoms with van der Waals surface area (Å²) < 4.78 is 29.9. The molecule has 1 aromatic rings. The number of carbonyl (C=O) groups is 1. The molecule has 0 unspecified atom stereocenters. The van der Waals surface area contributed by atoms with Crippen LogP contribution >= 0.6 is 11.6 Å². The molecule has 0 aliphatic heterocycles. The van der Waals surface area contributed by atoms with E-state index in [1.54, 1.807) is 6.92 Å². The van der Waals surface area contributed by atoms with Gasteiger partial charge in [-0.05, 0) is 12.5 Å². The zero-order chi connectivity index (χ0) is 12.3. The first-order valence-corrected chi connectivity index (χ1v) is 4.84. The molecule has 0 aromatic carbocycles. The normalized spacial score (nSPS) is 10.6. The Bertz CT molecular complexity index is 410. The molecule has 3 nitrogen and oxygen atoms in total. The maximum absolute atomic E-state index is 12.8. The molecule has 0 bridgehead atoms. The molecule has 0 N–H and O–H groups in total. The fraction of sp³-hybridized carbons (Fsp3) is 0.400. The summed E-state index contributed by atoms with van der Waals surface area (Å²) in [5.41, 5.74) is 0.138. The molecule has 0 radical (unpaired) electrons. The van der Waals surface area contributed by atoms with Crippen LogP contribution in [0, 0.1) is 6.92 Å². The standard InChI is InChI=1S/C10H10ClF2NO2/c1-5-6(3-8(15)16-2)9(10(12)13)7(11)4-14-5/h4,10H,3H2,1-2H3. The van der Waals surface area contributed by atoms with Crippen molar-refractivity contribution in [2.24, 2.45) is 0 Å². The molecule has 1 aromatic heterocycles. The first kappa shape index (κ1) is 12.8. The maximum Gasteiger partial charge on any atom is 0.310 e. The van der Waals surface area contributed by atoms with Crippen LogP contribution < -0.4 is 0 Å². The van der Waals surface area contributed by atoms with Crippen molar-refractivity contribution >= 4 is 17.6 Å². The van der Waals surface area contributed by atoms with Crippen LogP contribution in [-0.2, 0) is 16.0 Å². The summed E-state index contributed by atoms with van der Waals surface area (Å²) in [5.74, 6) is -0.603. The summed E-state index contributed by atoms with van der Waals surface area (Å²) in [6, 6.07) is 0. The highest BCUT2D eigenvalue weighted by atomic mass is 35.5. The highest BCUT2D eigenvalue weighted by Gasteiger charge is 2.21. The van der Waals surface area contributed by atoms with Gasteiger partial charge in [-0.15, -0.1) is 0 Å². The summed E-state index contributed by atoms with van der Waals surface area (Å²) >= 11 is 5.63. The van der Waals surface area contributed by atoms with E-state index in [1.165, 1.54) is 7.11 Å². The van der Waals surface area contributed by atoms with Gasteiger partial charge < -0.3 is 4.74 Å². The molecule has 0 aliphatic carbocycles. The van der Waals surface area contributed by atoms with Crippen molar-refractivity contribution in [1.29, 1.82) is 0 Å². The molecule has 0 spiro atoms. The molecule has 1 heterocycles. The molecule has 88 valence electrons. The van der Waals surface area contributed by atoms with Gasteiger partial charge in [0.15, 0.2) is 0 Å². The second-order valence-corrected chi connectivity index (χ2v) is 3.54. The first-order chi connectivity index (χ1) is 7.47. The summed E-state index contributed by atoms with van der Waals surface area (Å²) in [6.45, 7) is 1.54. The van der Waals surface area contributed by atoms with E-state index in [0.29, 0.717) is 5.69 Å². The van der Waals surface area contributed by atoms with Crippen LogP contribution in [0.5, 0.6) is 0 Å². The number of ether oxygens (including phenoxy) is 1. The predicted octanol–water partition coefficient (Wildman–Crippen LogP) is 2.70. The predicted molar refractivity (Wildman–Crippen MR) is 54.7 cm³/mol. The number of carbonyl (C=O) groups excluding carboxylic acids is 1. The Kier molecular flexibility index (Phi) is 4.18. The van der Waals surface area contributed by atoms with Crippen molar-refractivity contribution in [2.75, 3.05) is 7.11 Å². The zero-order valence-electron chi connectivity index (χ0n) is 8.76. The average molecular weight is 250 g/mol. The molecular formula is C10H10ClF2NO2. The average Bonchev–Trinajstić information content (AvgIpc) is 2.22. The largest absolute Gasteiger partial charge is 0.469 e. The lowest BCUT2D eigenvalue weighted by Crippen LogP contribution is -2.10. The van der Waals surface area contributed by atoms with Crippen molar-refractivity contribution < 1.29 is 18.3 Å². The number of hydrogen-bond donors (Lipinski definition) is 0. The minimum absolute atomic E-state index is 0.134. The van der Waals surface area contributed by atoms with Gasteiger partial charge in [0.25, 0.3) is 6.43 Å². The van der Waals surface area contributed by atoms with Gasteiger partial charge in [0.05, 0.1) is 18.6 Å². The van der Waals surface area contributed by atoms with Gasteiger partial charge in [-0.2, -0.15) is 0 Å². The summed E-state index contributed by atoms with van der Waals surface area (Å²) in [6.07, 6.45) is -1.84. The molecule has 16 heavy (non-hydrogen) atoms.